The Hall–Kier alpha value is -3.59. The molecule has 6 nitrogen and oxygen atoms in total. The van der Waals surface area contributed by atoms with Crippen LogP contribution in [0, 0.1) is 17.2 Å². The molecule has 2 heterocycles. The number of para-hydroxylation sites is 1. The van der Waals surface area contributed by atoms with E-state index in [0.717, 1.165) is 30.4 Å². The Labute approximate surface area is 171 Å². The fraction of sp³-hybridized carbons (Fsp3) is 0.261. The lowest BCUT2D eigenvalue weighted by molar-refractivity contribution is 0.438. The van der Waals surface area contributed by atoms with Gasteiger partial charge in [0, 0.05) is 30.7 Å². The smallest absolute Gasteiger partial charge is 0.229 e. The fourth-order valence-electron chi connectivity index (χ4n) is 3.47. The standard InChI is InChI=1S/C23H24N6/c1-17-11-14-29(15-12-17)20-8-6-19(7-9-20)26-23-25-13-10-22(28-23)27-21-5-3-2-4-18(21)16-24/h2-10,13,17H,11-12,14-15H2,1H3,(H2,25,26,27,28). The summed E-state index contributed by atoms with van der Waals surface area (Å²) in [6.07, 6.45) is 4.20. The number of hydrogen-bond donors (Lipinski definition) is 2. The number of rotatable bonds is 5. The number of piperidine rings is 1. The minimum Gasteiger partial charge on any atom is -0.372 e. The van der Waals surface area contributed by atoms with Gasteiger partial charge in [0.25, 0.3) is 0 Å². The predicted molar refractivity (Wildman–Crippen MR) is 117 cm³/mol. The number of aromatic nitrogens is 2. The Balaban J connectivity index is 1.43. The molecule has 0 radical (unpaired) electrons. The van der Waals surface area contributed by atoms with Crippen LogP contribution >= 0.6 is 0 Å². The molecule has 0 amide bonds. The highest BCUT2D eigenvalue weighted by atomic mass is 15.1. The van der Waals surface area contributed by atoms with Crippen LogP contribution in [0.15, 0.2) is 60.8 Å². The monoisotopic (exact) mass is 384 g/mol. The number of nitriles is 1. The molecule has 1 aliphatic rings. The molecule has 0 bridgehead atoms. The second kappa shape index (κ2) is 8.61. The number of benzene rings is 2. The third-order valence-corrected chi connectivity index (χ3v) is 5.24. The van der Waals surface area contributed by atoms with Crippen molar-refractivity contribution in [3.05, 3.63) is 66.4 Å². The Kier molecular flexibility index (Phi) is 5.57. The number of anilines is 5. The first-order valence-corrected chi connectivity index (χ1v) is 9.92. The molecular formula is C23H24N6. The molecule has 0 unspecified atom stereocenters. The van der Waals surface area contributed by atoms with Crippen molar-refractivity contribution in [2.75, 3.05) is 28.6 Å². The highest BCUT2D eigenvalue weighted by Crippen LogP contribution is 2.25. The molecule has 0 atom stereocenters. The summed E-state index contributed by atoms with van der Waals surface area (Å²) in [5.74, 6) is 1.96. The molecule has 1 fully saturated rings. The Morgan fingerprint density at radius 2 is 1.76 bits per heavy atom. The van der Waals surface area contributed by atoms with Gasteiger partial charge in [0.15, 0.2) is 0 Å². The van der Waals surface area contributed by atoms with Gasteiger partial charge in [-0.25, -0.2) is 4.98 Å². The van der Waals surface area contributed by atoms with E-state index in [4.69, 9.17) is 0 Å². The van der Waals surface area contributed by atoms with Gasteiger partial charge in [-0.2, -0.15) is 10.2 Å². The predicted octanol–water partition coefficient (Wildman–Crippen LogP) is 5.07. The van der Waals surface area contributed by atoms with E-state index in [2.05, 4.69) is 62.8 Å². The van der Waals surface area contributed by atoms with E-state index < -0.39 is 0 Å². The molecule has 0 aliphatic carbocycles. The van der Waals surface area contributed by atoms with Crippen molar-refractivity contribution in [3.8, 4) is 6.07 Å². The summed E-state index contributed by atoms with van der Waals surface area (Å²) < 4.78 is 0. The van der Waals surface area contributed by atoms with Crippen LogP contribution in [0.5, 0.6) is 0 Å². The van der Waals surface area contributed by atoms with Gasteiger partial charge in [-0.05, 0) is 61.2 Å². The Bertz CT molecular complexity index is 1000. The zero-order chi connectivity index (χ0) is 20.1. The third-order valence-electron chi connectivity index (χ3n) is 5.24. The number of nitrogens with one attached hydrogen (secondary N) is 2. The van der Waals surface area contributed by atoms with E-state index in [9.17, 15) is 5.26 Å². The molecule has 29 heavy (non-hydrogen) atoms. The largest absolute Gasteiger partial charge is 0.372 e. The lowest BCUT2D eigenvalue weighted by Crippen LogP contribution is -2.32. The van der Waals surface area contributed by atoms with Gasteiger partial charge in [0.05, 0.1) is 11.3 Å². The summed E-state index contributed by atoms with van der Waals surface area (Å²) in [6, 6.07) is 19.7. The fourth-order valence-corrected chi connectivity index (χ4v) is 3.47. The van der Waals surface area contributed by atoms with Crippen molar-refractivity contribution in [2.24, 2.45) is 5.92 Å². The molecule has 2 N–H and O–H groups in total. The van der Waals surface area contributed by atoms with Crippen molar-refractivity contribution in [3.63, 3.8) is 0 Å². The van der Waals surface area contributed by atoms with Crippen molar-refractivity contribution in [2.45, 2.75) is 19.8 Å². The molecule has 0 spiro atoms. The van der Waals surface area contributed by atoms with Crippen LogP contribution in [0.2, 0.25) is 0 Å². The second-order valence-electron chi connectivity index (χ2n) is 7.39. The Morgan fingerprint density at radius 3 is 2.52 bits per heavy atom. The van der Waals surface area contributed by atoms with E-state index in [-0.39, 0.29) is 0 Å². The van der Waals surface area contributed by atoms with E-state index >= 15 is 0 Å². The van der Waals surface area contributed by atoms with Crippen LogP contribution < -0.4 is 15.5 Å². The summed E-state index contributed by atoms with van der Waals surface area (Å²) in [5, 5.41) is 15.7. The first kappa shape index (κ1) is 18.8. The van der Waals surface area contributed by atoms with Crippen LogP contribution in [-0.2, 0) is 0 Å². The highest BCUT2D eigenvalue weighted by Gasteiger charge is 2.15. The zero-order valence-corrected chi connectivity index (χ0v) is 16.5. The average molecular weight is 384 g/mol. The molecule has 1 aliphatic heterocycles. The molecule has 6 heteroatoms. The van der Waals surface area contributed by atoms with Gasteiger partial charge in [0.1, 0.15) is 11.9 Å². The lowest BCUT2D eigenvalue weighted by Gasteiger charge is -2.32. The van der Waals surface area contributed by atoms with Gasteiger partial charge in [-0.3, -0.25) is 0 Å². The van der Waals surface area contributed by atoms with E-state index in [1.807, 2.05) is 18.2 Å². The highest BCUT2D eigenvalue weighted by molar-refractivity contribution is 5.65. The summed E-state index contributed by atoms with van der Waals surface area (Å²) in [6.45, 7) is 4.57. The average Bonchev–Trinajstić information content (AvgIpc) is 2.76. The second-order valence-corrected chi connectivity index (χ2v) is 7.39. The van der Waals surface area contributed by atoms with Gasteiger partial charge in [-0.1, -0.05) is 19.1 Å². The minimum atomic E-state index is 0.504. The molecule has 146 valence electrons. The summed E-state index contributed by atoms with van der Waals surface area (Å²) in [7, 11) is 0. The molecule has 2 aromatic carbocycles. The van der Waals surface area contributed by atoms with Gasteiger partial charge < -0.3 is 15.5 Å². The van der Waals surface area contributed by atoms with Gasteiger partial charge in [0.2, 0.25) is 5.95 Å². The zero-order valence-electron chi connectivity index (χ0n) is 16.5. The van der Waals surface area contributed by atoms with Crippen LogP contribution in [0.1, 0.15) is 25.3 Å². The van der Waals surface area contributed by atoms with Crippen molar-refractivity contribution >= 4 is 28.8 Å². The van der Waals surface area contributed by atoms with Crippen LogP contribution in [0.3, 0.4) is 0 Å². The van der Waals surface area contributed by atoms with Crippen LogP contribution in [0.25, 0.3) is 0 Å². The minimum absolute atomic E-state index is 0.504. The molecule has 4 rings (SSSR count). The third kappa shape index (κ3) is 4.64. The number of hydrogen-bond acceptors (Lipinski definition) is 6. The summed E-state index contributed by atoms with van der Waals surface area (Å²) >= 11 is 0. The molecular weight excluding hydrogens is 360 g/mol. The molecule has 1 aromatic heterocycles. The first-order valence-electron chi connectivity index (χ1n) is 9.92. The maximum atomic E-state index is 9.24. The summed E-state index contributed by atoms with van der Waals surface area (Å²) in [4.78, 5) is 11.2. The first-order chi connectivity index (χ1) is 14.2. The van der Waals surface area contributed by atoms with E-state index in [1.165, 1.54) is 18.5 Å². The van der Waals surface area contributed by atoms with Crippen LogP contribution in [-0.4, -0.2) is 23.1 Å². The Morgan fingerprint density at radius 1 is 1.00 bits per heavy atom. The molecule has 3 aromatic rings. The van der Waals surface area contributed by atoms with Crippen molar-refractivity contribution in [1.29, 1.82) is 5.26 Å². The SMILES string of the molecule is CC1CCN(c2ccc(Nc3nccc(Nc4ccccc4C#N)n3)cc2)CC1. The van der Waals surface area contributed by atoms with Gasteiger partial charge in [-0.15, -0.1) is 0 Å². The summed E-state index contributed by atoms with van der Waals surface area (Å²) in [5.41, 5.74) is 3.49. The lowest BCUT2D eigenvalue weighted by atomic mass is 9.99. The van der Waals surface area contributed by atoms with Crippen molar-refractivity contribution < 1.29 is 0 Å². The van der Waals surface area contributed by atoms with Crippen LogP contribution in [0.4, 0.5) is 28.8 Å². The quantitative estimate of drug-likeness (QED) is 0.639. The topological polar surface area (TPSA) is 76.9 Å². The molecule has 1 saturated heterocycles. The molecule has 0 saturated carbocycles. The van der Waals surface area contributed by atoms with E-state index in [0.29, 0.717) is 17.3 Å². The van der Waals surface area contributed by atoms with Crippen molar-refractivity contribution in [1.82, 2.24) is 9.97 Å². The maximum Gasteiger partial charge on any atom is 0.229 e. The van der Waals surface area contributed by atoms with E-state index in [1.54, 1.807) is 18.3 Å². The number of nitrogens with zero attached hydrogens (tertiary/aromatic N) is 4. The maximum absolute atomic E-state index is 9.24. The van der Waals surface area contributed by atoms with Gasteiger partial charge >= 0.3 is 0 Å². The normalized spacial score (nSPS) is 14.3.